The molecule has 1 nitrogen and oxygen atoms in total. The van der Waals surface area contributed by atoms with Gasteiger partial charge in [0.1, 0.15) is 0 Å². The van der Waals surface area contributed by atoms with Crippen LogP contribution < -0.4 is 0 Å². The lowest BCUT2D eigenvalue weighted by Gasteiger charge is -2.21. The molecular formula is C10H19ClO. The molecule has 0 aromatic rings. The summed E-state index contributed by atoms with van der Waals surface area (Å²) in [5.74, 6) is 2.10. The third kappa shape index (κ3) is 2.95. The standard InChI is InChI=1S/C10H19ClO/c1-8(2)9(7-11)6-10-4-3-5-12-10/h8-10H,3-7H2,1-2H3/t9?,10-/m0/s1. The fraction of sp³-hybridized carbons (Fsp3) is 1.00. The van der Waals surface area contributed by atoms with Crippen molar-refractivity contribution in [3.63, 3.8) is 0 Å². The zero-order valence-corrected chi connectivity index (χ0v) is 8.81. The number of hydrogen-bond acceptors (Lipinski definition) is 1. The van der Waals surface area contributed by atoms with Gasteiger partial charge in [0, 0.05) is 12.5 Å². The minimum Gasteiger partial charge on any atom is -0.378 e. The van der Waals surface area contributed by atoms with Crippen LogP contribution in [0.1, 0.15) is 33.1 Å². The zero-order valence-electron chi connectivity index (χ0n) is 8.05. The minimum absolute atomic E-state index is 0.496. The van der Waals surface area contributed by atoms with E-state index >= 15 is 0 Å². The summed E-state index contributed by atoms with van der Waals surface area (Å²) in [6, 6.07) is 0. The van der Waals surface area contributed by atoms with Crippen LogP contribution in [-0.2, 0) is 4.74 Å². The number of alkyl halides is 1. The van der Waals surface area contributed by atoms with Gasteiger partial charge in [-0.05, 0) is 31.1 Å². The molecule has 1 aliphatic rings. The summed E-state index contributed by atoms with van der Waals surface area (Å²) < 4.78 is 5.58. The molecule has 1 fully saturated rings. The van der Waals surface area contributed by atoms with Crippen molar-refractivity contribution < 1.29 is 4.74 Å². The van der Waals surface area contributed by atoms with Gasteiger partial charge in [0.05, 0.1) is 6.10 Å². The summed E-state index contributed by atoms with van der Waals surface area (Å²) in [6.45, 7) is 5.43. The highest BCUT2D eigenvalue weighted by Gasteiger charge is 2.21. The van der Waals surface area contributed by atoms with Gasteiger partial charge < -0.3 is 4.74 Å². The first-order valence-electron chi connectivity index (χ1n) is 4.91. The maximum atomic E-state index is 5.89. The normalized spacial score (nSPS) is 26.5. The van der Waals surface area contributed by atoms with Gasteiger partial charge in [-0.1, -0.05) is 13.8 Å². The lowest BCUT2D eigenvalue weighted by atomic mass is 9.91. The van der Waals surface area contributed by atoms with Crippen LogP contribution in [0.3, 0.4) is 0 Å². The molecular weight excluding hydrogens is 172 g/mol. The quantitative estimate of drug-likeness (QED) is 0.620. The molecule has 72 valence electrons. The number of ether oxygens (including phenoxy) is 1. The van der Waals surface area contributed by atoms with Crippen LogP contribution in [0.25, 0.3) is 0 Å². The molecule has 0 aromatic heterocycles. The monoisotopic (exact) mass is 190 g/mol. The zero-order chi connectivity index (χ0) is 8.97. The van der Waals surface area contributed by atoms with E-state index in [0.717, 1.165) is 18.9 Å². The van der Waals surface area contributed by atoms with Crippen molar-refractivity contribution in [2.24, 2.45) is 11.8 Å². The molecule has 12 heavy (non-hydrogen) atoms. The SMILES string of the molecule is CC(C)C(CCl)C[C@@H]1CCCO1. The number of rotatable bonds is 4. The first-order valence-corrected chi connectivity index (χ1v) is 5.45. The van der Waals surface area contributed by atoms with Crippen LogP contribution in [0.5, 0.6) is 0 Å². The van der Waals surface area contributed by atoms with Gasteiger partial charge >= 0.3 is 0 Å². The van der Waals surface area contributed by atoms with Gasteiger partial charge in [-0.3, -0.25) is 0 Å². The highest BCUT2D eigenvalue weighted by molar-refractivity contribution is 6.18. The topological polar surface area (TPSA) is 9.23 Å². The molecule has 1 heterocycles. The molecule has 2 heteroatoms. The van der Waals surface area contributed by atoms with Crippen molar-refractivity contribution >= 4 is 11.6 Å². The van der Waals surface area contributed by atoms with Crippen molar-refractivity contribution in [1.29, 1.82) is 0 Å². The summed E-state index contributed by atoms with van der Waals surface area (Å²) in [4.78, 5) is 0. The highest BCUT2D eigenvalue weighted by atomic mass is 35.5. The van der Waals surface area contributed by atoms with E-state index in [1.54, 1.807) is 0 Å². The van der Waals surface area contributed by atoms with Crippen LogP contribution >= 0.6 is 11.6 Å². The smallest absolute Gasteiger partial charge is 0.0579 e. The van der Waals surface area contributed by atoms with Crippen molar-refractivity contribution in [1.82, 2.24) is 0 Å². The van der Waals surface area contributed by atoms with Crippen LogP contribution in [0, 0.1) is 11.8 Å². The van der Waals surface area contributed by atoms with Gasteiger partial charge in [-0.15, -0.1) is 11.6 Å². The predicted octanol–water partition coefficient (Wildman–Crippen LogP) is 3.07. The predicted molar refractivity (Wildman–Crippen MR) is 52.6 cm³/mol. The van der Waals surface area contributed by atoms with E-state index in [9.17, 15) is 0 Å². The molecule has 0 saturated carbocycles. The third-order valence-corrected chi connectivity index (χ3v) is 3.13. The Balaban J connectivity index is 2.26. The van der Waals surface area contributed by atoms with E-state index in [1.807, 2.05) is 0 Å². The fourth-order valence-corrected chi connectivity index (χ4v) is 2.16. The minimum atomic E-state index is 0.496. The number of hydrogen-bond donors (Lipinski definition) is 0. The third-order valence-electron chi connectivity index (χ3n) is 2.73. The van der Waals surface area contributed by atoms with Crippen molar-refractivity contribution in [2.75, 3.05) is 12.5 Å². The molecule has 0 N–H and O–H groups in total. The van der Waals surface area contributed by atoms with E-state index in [2.05, 4.69) is 13.8 Å². The molecule has 0 amide bonds. The van der Waals surface area contributed by atoms with E-state index in [1.165, 1.54) is 12.8 Å². The lowest BCUT2D eigenvalue weighted by molar-refractivity contribution is 0.0858. The van der Waals surface area contributed by atoms with Gasteiger partial charge in [-0.25, -0.2) is 0 Å². The summed E-state index contributed by atoms with van der Waals surface area (Å²) >= 11 is 5.89. The van der Waals surface area contributed by atoms with Crippen LogP contribution in [-0.4, -0.2) is 18.6 Å². The Labute approximate surface area is 80.4 Å². The van der Waals surface area contributed by atoms with Crippen LogP contribution in [0.15, 0.2) is 0 Å². The summed E-state index contributed by atoms with van der Waals surface area (Å²) in [6.07, 6.45) is 4.12. The average Bonchev–Trinajstić information content (AvgIpc) is 2.51. The Morgan fingerprint density at radius 1 is 1.50 bits per heavy atom. The molecule has 1 aliphatic heterocycles. The van der Waals surface area contributed by atoms with Gasteiger partial charge in [0.15, 0.2) is 0 Å². The molecule has 1 rings (SSSR count). The van der Waals surface area contributed by atoms with Gasteiger partial charge in [-0.2, -0.15) is 0 Å². The van der Waals surface area contributed by atoms with Gasteiger partial charge in [0.2, 0.25) is 0 Å². The maximum Gasteiger partial charge on any atom is 0.0579 e. The van der Waals surface area contributed by atoms with E-state index in [-0.39, 0.29) is 0 Å². The first kappa shape index (κ1) is 10.3. The largest absolute Gasteiger partial charge is 0.378 e. The van der Waals surface area contributed by atoms with Crippen molar-refractivity contribution in [2.45, 2.75) is 39.2 Å². The Hall–Kier alpha value is 0.250. The van der Waals surface area contributed by atoms with E-state index in [0.29, 0.717) is 17.9 Å². The second-order valence-corrected chi connectivity index (χ2v) is 4.34. The summed E-state index contributed by atoms with van der Waals surface area (Å²) in [5, 5.41) is 0. The molecule has 1 saturated heterocycles. The molecule has 0 aromatic carbocycles. The number of halogens is 1. The Kier molecular flexibility index (Phi) is 4.38. The summed E-state index contributed by atoms with van der Waals surface area (Å²) in [5.41, 5.74) is 0. The Morgan fingerprint density at radius 2 is 2.25 bits per heavy atom. The van der Waals surface area contributed by atoms with Gasteiger partial charge in [0.25, 0.3) is 0 Å². The van der Waals surface area contributed by atoms with Crippen molar-refractivity contribution in [3.05, 3.63) is 0 Å². The Morgan fingerprint density at radius 3 is 2.67 bits per heavy atom. The van der Waals surface area contributed by atoms with E-state index < -0.39 is 0 Å². The molecule has 0 radical (unpaired) electrons. The second kappa shape index (κ2) is 5.08. The Bertz CT molecular complexity index is 119. The van der Waals surface area contributed by atoms with Crippen LogP contribution in [0.4, 0.5) is 0 Å². The maximum absolute atomic E-state index is 5.89. The fourth-order valence-electron chi connectivity index (χ4n) is 1.68. The first-order chi connectivity index (χ1) is 5.74. The highest BCUT2D eigenvalue weighted by Crippen LogP contribution is 2.25. The average molecular weight is 191 g/mol. The molecule has 0 aliphatic carbocycles. The van der Waals surface area contributed by atoms with Crippen LogP contribution in [0.2, 0.25) is 0 Å². The molecule has 2 atom stereocenters. The second-order valence-electron chi connectivity index (χ2n) is 4.03. The molecule has 0 bridgehead atoms. The summed E-state index contributed by atoms with van der Waals surface area (Å²) in [7, 11) is 0. The molecule has 0 spiro atoms. The van der Waals surface area contributed by atoms with Crippen molar-refractivity contribution in [3.8, 4) is 0 Å². The molecule has 1 unspecified atom stereocenters. The van der Waals surface area contributed by atoms with E-state index in [4.69, 9.17) is 16.3 Å². The lowest BCUT2D eigenvalue weighted by Crippen LogP contribution is -2.18.